The summed E-state index contributed by atoms with van der Waals surface area (Å²) in [5.74, 6) is -3.27. The van der Waals surface area contributed by atoms with E-state index in [1.165, 1.54) is 12.1 Å². The number of ether oxygens (including phenoxy) is 2. The molecule has 0 aliphatic heterocycles. The van der Waals surface area contributed by atoms with Crippen LogP contribution in [0.25, 0.3) is 0 Å². The zero-order chi connectivity index (χ0) is 20.0. The average Bonchev–Trinajstić information content (AvgIpc) is 2.64. The second-order valence-electron chi connectivity index (χ2n) is 5.33. The number of aromatic hydroxyl groups is 2. The van der Waals surface area contributed by atoms with Crippen molar-refractivity contribution in [2.24, 2.45) is 0 Å². The van der Waals surface area contributed by atoms with Crippen LogP contribution < -0.4 is 5.32 Å². The van der Waals surface area contributed by atoms with Crippen LogP contribution in [-0.4, -0.2) is 41.3 Å². The van der Waals surface area contributed by atoms with Crippen LogP contribution in [0.3, 0.4) is 0 Å². The van der Waals surface area contributed by atoms with Crippen LogP contribution in [0.1, 0.15) is 44.9 Å². The largest absolute Gasteiger partial charge is 0.507 e. The van der Waals surface area contributed by atoms with E-state index in [9.17, 15) is 24.6 Å². The van der Waals surface area contributed by atoms with Gasteiger partial charge in [-0.3, -0.25) is 4.79 Å². The number of carbonyl (C=O) groups is 3. The quantitative estimate of drug-likeness (QED) is 0.525. The van der Waals surface area contributed by atoms with E-state index >= 15 is 0 Å². The molecule has 0 atom stereocenters. The lowest BCUT2D eigenvalue weighted by Crippen LogP contribution is -2.16. The predicted octanol–water partition coefficient (Wildman–Crippen LogP) is 2.70. The van der Waals surface area contributed by atoms with Crippen molar-refractivity contribution in [3.05, 3.63) is 53.1 Å². The molecular weight excluding hydrogens is 354 g/mol. The Labute approximate surface area is 155 Å². The lowest BCUT2D eigenvalue weighted by molar-refractivity contribution is 0.0514. The Hall–Kier alpha value is -3.55. The molecule has 0 aliphatic carbocycles. The first-order valence-electron chi connectivity index (χ1n) is 8.19. The number of phenols is 2. The van der Waals surface area contributed by atoms with E-state index < -0.39 is 29.3 Å². The van der Waals surface area contributed by atoms with Crippen molar-refractivity contribution in [3.63, 3.8) is 0 Å². The van der Waals surface area contributed by atoms with Gasteiger partial charge in [-0.25, -0.2) is 9.59 Å². The Bertz CT molecular complexity index is 876. The van der Waals surface area contributed by atoms with Gasteiger partial charge >= 0.3 is 11.9 Å². The number of para-hydroxylation sites is 1. The van der Waals surface area contributed by atoms with Crippen LogP contribution in [0.2, 0.25) is 0 Å². The number of phenolic OH excluding ortho intramolecular Hbond substituents is 2. The summed E-state index contributed by atoms with van der Waals surface area (Å²) in [6, 6.07) is 8.09. The van der Waals surface area contributed by atoms with Crippen molar-refractivity contribution < 1.29 is 34.1 Å². The van der Waals surface area contributed by atoms with E-state index in [0.29, 0.717) is 0 Å². The monoisotopic (exact) mass is 373 g/mol. The highest BCUT2D eigenvalue weighted by Gasteiger charge is 2.21. The molecule has 0 saturated carbocycles. The fraction of sp³-hybridized carbons (Fsp3) is 0.211. The first kappa shape index (κ1) is 19.8. The third-order valence-corrected chi connectivity index (χ3v) is 3.52. The van der Waals surface area contributed by atoms with Crippen LogP contribution in [0.4, 0.5) is 5.69 Å². The van der Waals surface area contributed by atoms with Gasteiger partial charge in [0.2, 0.25) is 0 Å². The fourth-order valence-electron chi connectivity index (χ4n) is 2.30. The van der Waals surface area contributed by atoms with Crippen LogP contribution in [0, 0.1) is 0 Å². The lowest BCUT2D eigenvalue weighted by atomic mass is 10.1. The first-order chi connectivity index (χ1) is 12.9. The molecule has 0 fully saturated rings. The Balaban J connectivity index is 2.31. The normalized spacial score (nSPS) is 10.1. The SMILES string of the molecule is CCOC(=O)c1cc(O)c(C(=O)Nc2ccccc2C(=O)OCC)cc1O. The van der Waals surface area contributed by atoms with E-state index in [0.717, 1.165) is 12.1 Å². The summed E-state index contributed by atoms with van der Waals surface area (Å²) >= 11 is 0. The highest BCUT2D eigenvalue weighted by Crippen LogP contribution is 2.29. The number of carbonyl (C=O) groups excluding carboxylic acids is 3. The van der Waals surface area contributed by atoms with Crippen molar-refractivity contribution in [1.29, 1.82) is 0 Å². The van der Waals surface area contributed by atoms with E-state index in [1.54, 1.807) is 26.0 Å². The summed E-state index contributed by atoms with van der Waals surface area (Å²) in [4.78, 5) is 36.2. The molecule has 0 radical (unpaired) electrons. The predicted molar refractivity (Wildman–Crippen MR) is 96.1 cm³/mol. The highest BCUT2D eigenvalue weighted by atomic mass is 16.5. The molecule has 2 rings (SSSR count). The summed E-state index contributed by atoms with van der Waals surface area (Å²) in [6.07, 6.45) is 0. The van der Waals surface area contributed by atoms with Gasteiger partial charge in [0, 0.05) is 0 Å². The smallest absolute Gasteiger partial charge is 0.342 e. The van der Waals surface area contributed by atoms with Crippen molar-refractivity contribution in [2.45, 2.75) is 13.8 Å². The van der Waals surface area contributed by atoms with Gasteiger partial charge in [0.05, 0.1) is 30.0 Å². The Morgan fingerprint density at radius 3 is 2.00 bits per heavy atom. The van der Waals surface area contributed by atoms with Gasteiger partial charge in [-0.2, -0.15) is 0 Å². The minimum atomic E-state index is -0.829. The summed E-state index contributed by atoms with van der Waals surface area (Å²) in [5, 5.41) is 22.5. The molecule has 0 bridgehead atoms. The van der Waals surface area contributed by atoms with Crippen molar-refractivity contribution >= 4 is 23.5 Å². The van der Waals surface area contributed by atoms with Gasteiger partial charge < -0.3 is 25.0 Å². The number of hydrogen-bond donors (Lipinski definition) is 3. The van der Waals surface area contributed by atoms with Gasteiger partial charge in [-0.1, -0.05) is 12.1 Å². The molecule has 0 spiro atoms. The Morgan fingerprint density at radius 2 is 1.37 bits per heavy atom. The van der Waals surface area contributed by atoms with Crippen LogP contribution >= 0.6 is 0 Å². The van der Waals surface area contributed by atoms with Crippen LogP contribution in [-0.2, 0) is 9.47 Å². The van der Waals surface area contributed by atoms with E-state index in [4.69, 9.17) is 9.47 Å². The van der Waals surface area contributed by atoms with Crippen molar-refractivity contribution in [3.8, 4) is 11.5 Å². The van der Waals surface area contributed by atoms with E-state index in [2.05, 4.69) is 5.32 Å². The van der Waals surface area contributed by atoms with Crippen LogP contribution in [0.5, 0.6) is 11.5 Å². The summed E-state index contributed by atoms with van der Waals surface area (Å²) < 4.78 is 9.70. The maximum absolute atomic E-state index is 12.5. The van der Waals surface area contributed by atoms with Gasteiger partial charge in [0.15, 0.2) is 0 Å². The van der Waals surface area contributed by atoms with Crippen LogP contribution in [0.15, 0.2) is 36.4 Å². The van der Waals surface area contributed by atoms with Crippen molar-refractivity contribution in [1.82, 2.24) is 0 Å². The maximum atomic E-state index is 12.5. The Kier molecular flexibility index (Phi) is 6.37. The number of anilines is 1. The number of amides is 1. The fourth-order valence-corrected chi connectivity index (χ4v) is 2.30. The second kappa shape index (κ2) is 8.70. The standard InChI is InChI=1S/C19H19NO7/c1-3-26-18(24)11-7-5-6-8-14(11)20-17(23)12-9-16(22)13(10-15(12)21)19(25)27-4-2/h5-10,21-22H,3-4H2,1-2H3,(H,20,23). The molecule has 2 aromatic carbocycles. The molecule has 8 heteroatoms. The summed E-state index contributed by atoms with van der Waals surface area (Å²) in [7, 11) is 0. The molecule has 3 N–H and O–H groups in total. The second-order valence-corrected chi connectivity index (χ2v) is 5.33. The zero-order valence-corrected chi connectivity index (χ0v) is 14.8. The van der Waals surface area contributed by atoms with Crippen molar-refractivity contribution in [2.75, 3.05) is 18.5 Å². The molecule has 0 unspecified atom stereocenters. The molecule has 142 valence electrons. The van der Waals surface area contributed by atoms with Gasteiger partial charge in [-0.05, 0) is 38.1 Å². The van der Waals surface area contributed by atoms with Gasteiger partial charge in [0.1, 0.15) is 17.1 Å². The summed E-state index contributed by atoms with van der Waals surface area (Å²) in [5.41, 5.74) is -0.231. The summed E-state index contributed by atoms with van der Waals surface area (Å²) in [6.45, 7) is 3.51. The number of hydrogen-bond acceptors (Lipinski definition) is 7. The third kappa shape index (κ3) is 4.55. The molecule has 0 saturated heterocycles. The highest BCUT2D eigenvalue weighted by molar-refractivity contribution is 6.10. The topological polar surface area (TPSA) is 122 Å². The molecule has 0 heterocycles. The minimum absolute atomic E-state index is 0.0892. The molecular formula is C19H19NO7. The number of nitrogens with one attached hydrogen (secondary N) is 1. The van der Waals surface area contributed by atoms with E-state index in [-0.39, 0.29) is 35.6 Å². The zero-order valence-electron chi connectivity index (χ0n) is 14.8. The lowest BCUT2D eigenvalue weighted by Gasteiger charge is -2.12. The molecule has 1 amide bonds. The molecule has 2 aromatic rings. The van der Waals surface area contributed by atoms with E-state index in [1.807, 2.05) is 0 Å². The maximum Gasteiger partial charge on any atom is 0.342 e. The molecule has 8 nitrogen and oxygen atoms in total. The minimum Gasteiger partial charge on any atom is -0.507 e. The molecule has 27 heavy (non-hydrogen) atoms. The molecule has 0 aromatic heterocycles. The molecule has 0 aliphatic rings. The average molecular weight is 373 g/mol. The van der Waals surface area contributed by atoms with Gasteiger partial charge in [-0.15, -0.1) is 0 Å². The Morgan fingerprint density at radius 1 is 0.852 bits per heavy atom. The first-order valence-corrected chi connectivity index (χ1v) is 8.19. The number of benzene rings is 2. The number of rotatable bonds is 6. The van der Waals surface area contributed by atoms with Gasteiger partial charge in [0.25, 0.3) is 5.91 Å². The third-order valence-electron chi connectivity index (χ3n) is 3.52. The number of esters is 2.